The molecule has 2 heteroatoms. The number of ether oxygens (including phenoxy) is 1. The minimum Gasteiger partial charge on any atom is -0.370 e. The standard InChI is InChI=1S/C11H12O2/c12-11(10-7-4-8-13-10)9-5-2-1-3-6-9/h1-3,5-6,10H,4,7-8H2/t10-/m0/s1. The molecule has 0 amide bonds. The van der Waals surface area contributed by atoms with Crippen molar-refractivity contribution < 1.29 is 9.53 Å². The van der Waals surface area contributed by atoms with E-state index in [-0.39, 0.29) is 11.9 Å². The quantitative estimate of drug-likeness (QED) is 0.644. The lowest BCUT2D eigenvalue weighted by Crippen LogP contribution is -2.19. The van der Waals surface area contributed by atoms with Crippen LogP contribution in [0.4, 0.5) is 0 Å². The topological polar surface area (TPSA) is 26.3 Å². The Morgan fingerprint density at radius 3 is 2.69 bits per heavy atom. The van der Waals surface area contributed by atoms with Gasteiger partial charge in [-0.1, -0.05) is 30.3 Å². The summed E-state index contributed by atoms with van der Waals surface area (Å²) in [6.45, 7) is 0.725. The van der Waals surface area contributed by atoms with Crippen LogP contribution in [0, 0.1) is 0 Å². The van der Waals surface area contributed by atoms with Crippen molar-refractivity contribution >= 4 is 5.78 Å². The van der Waals surface area contributed by atoms with Crippen LogP contribution in [0.2, 0.25) is 0 Å². The van der Waals surface area contributed by atoms with Gasteiger partial charge in [0.2, 0.25) is 0 Å². The Morgan fingerprint density at radius 2 is 2.08 bits per heavy atom. The van der Waals surface area contributed by atoms with Crippen molar-refractivity contribution in [1.29, 1.82) is 0 Å². The van der Waals surface area contributed by atoms with Crippen molar-refractivity contribution in [2.24, 2.45) is 0 Å². The summed E-state index contributed by atoms with van der Waals surface area (Å²) in [4.78, 5) is 11.7. The van der Waals surface area contributed by atoms with E-state index in [2.05, 4.69) is 0 Å². The van der Waals surface area contributed by atoms with Crippen molar-refractivity contribution in [3.05, 3.63) is 35.9 Å². The molecule has 1 aromatic rings. The summed E-state index contributed by atoms with van der Waals surface area (Å²) in [6, 6.07) is 9.34. The molecule has 0 unspecified atom stereocenters. The molecule has 1 aliphatic heterocycles. The van der Waals surface area contributed by atoms with Crippen molar-refractivity contribution in [3.8, 4) is 0 Å². The van der Waals surface area contributed by atoms with Crippen molar-refractivity contribution in [3.63, 3.8) is 0 Å². The number of Topliss-reactive ketones (excluding diaryl/α,β-unsaturated/α-hetero) is 1. The first-order chi connectivity index (χ1) is 6.38. The number of carbonyl (C=O) groups excluding carboxylic acids is 1. The van der Waals surface area contributed by atoms with Crippen molar-refractivity contribution in [2.75, 3.05) is 6.61 Å². The summed E-state index contributed by atoms with van der Waals surface area (Å²) in [6.07, 6.45) is 1.68. The smallest absolute Gasteiger partial charge is 0.191 e. The van der Waals surface area contributed by atoms with Crippen LogP contribution in [0.5, 0.6) is 0 Å². The van der Waals surface area contributed by atoms with Crippen LogP contribution in [-0.4, -0.2) is 18.5 Å². The number of rotatable bonds is 2. The van der Waals surface area contributed by atoms with Crippen molar-refractivity contribution in [1.82, 2.24) is 0 Å². The minimum absolute atomic E-state index is 0.123. The first-order valence-electron chi connectivity index (χ1n) is 4.59. The molecule has 0 aliphatic carbocycles. The molecular formula is C11H12O2. The molecule has 2 nitrogen and oxygen atoms in total. The molecule has 0 radical (unpaired) electrons. The van der Waals surface area contributed by atoms with E-state index in [0.717, 1.165) is 25.0 Å². The van der Waals surface area contributed by atoms with Gasteiger partial charge in [0.1, 0.15) is 6.10 Å². The number of carbonyl (C=O) groups is 1. The lowest BCUT2D eigenvalue weighted by atomic mass is 10.0. The summed E-state index contributed by atoms with van der Waals surface area (Å²) in [5, 5.41) is 0. The first-order valence-corrected chi connectivity index (χ1v) is 4.59. The molecule has 0 spiro atoms. The first kappa shape index (κ1) is 8.45. The molecule has 1 aliphatic rings. The summed E-state index contributed by atoms with van der Waals surface area (Å²) in [5.74, 6) is 0.123. The normalized spacial score (nSPS) is 21.7. The lowest BCUT2D eigenvalue weighted by Gasteiger charge is -2.07. The fourth-order valence-corrected chi connectivity index (χ4v) is 1.57. The van der Waals surface area contributed by atoms with Crippen LogP contribution in [0.1, 0.15) is 23.2 Å². The SMILES string of the molecule is O=C(c1ccccc1)[C@@H]1CCCO1. The van der Waals surface area contributed by atoms with Crippen LogP contribution in [0.3, 0.4) is 0 Å². The van der Waals surface area contributed by atoms with Gasteiger partial charge in [0.15, 0.2) is 5.78 Å². The van der Waals surface area contributed by atoms with Crippen LogP contribution < -0.4 is 0 Å². The number of benzene rings is 1. The molecule has 1 atom stereocenters. The van der Waals surface area contributed by atoms with E-state index in [9.17, 15) is 4.79 Å². The third-order valence-corrected chi connectivity index (χ3v) is 2.28. The largest absolute Gasteiger partial charge is 0.370 e. The van der Waals surface area contributed by atoms with Gasteiger partial charge >= 0.3 is 0 Å². The van der Waals surface area contributed by atoms with Crippen LogP contribution in [0.15, 0.2) is 30.3 Å². The summed E-state index contributed by atoms with van der Waals surface area (Å²) in [5.41, 5.74) is 0.759. The van der Waals surface area contributed by atoms with Gasteiger partial charge < -0.3 is 4.74 Å². The fraction of sp³-hybridized carbons (Fsp3) is 0.364. The molecule has 1 aromatic carbocycles. The number of ketones is 1. The molecule has 13 heavy (non-hydrogen) atoms. The second kappa shape index (κ2) is 3.71. The highest BCUT2D eigenvalue weighted by atomic mass is 16.5. The van der Waals surface area contributed by atoms with Gasteiger partial charge in [-0.2, -0.15) is 0 Å². The van der Waals surface area contributed by atoms with Gasteiger partial charge in [0.25, 0.3) is 0 Å². The molecule has 0 bridgehead atoms. The van der Waals surface area contributed by atoms with E-state index in [1.54, 1.807) is 0 Å². The molecule has 2 rings (SSSR count). The van der Waals surface area contributed by atoms with Gasteiger partial charge in [-0.05, 0) is 12.8 Å². The van der Waals surface area contributed by atoms with E-state index in [4.69, 9.17) is 4.74 Å². The van der Waals surface area contributed by atoms with E-state index in [1.165, 1.54) is 0 Å². The molecule has 0 saturated carbocycles. The zero-order chi connectivity index (χ0) is 9.10. The maximum Gasteiger partial charge on any atom is 0.191 e. The average molecular weight is 176 g/mol. The molecule has 68 valence electrons. The molecule has 1 saturated heterocycles. The molecular weight excluding hydrogens is 164 g/mol. The highest BCUT2D eigenvalue weighted by molar-refractivity contribution is 5.99. The molecule has 0 N–H and O–H groups in total. The second-order valence-electron chi connectivity index (χ2n) is 3.23. The third kappa shape index (κ3) is 1.78. The highest BCUT2D eigenvalue weighted by Gasteiger charge is 2.24. The number of hydrogen-bond donors (Lipinski definition) is 0. The van der Waals surface area contributed by atoms with Crippen LogP contribution in [-0.2, 0) is 4.74 Å². The maximum absolute atomic E-state index is 11.7. The monoisotopic (exact) mass is 176 g/mol. The maximum atomic E-state index is 11.7. The predicted molar refractivity (Wildman–Crippen MR) is 49.7 cm³/mol. The predicted octanol–water partition coefficient (Wildman–Crippen LogP) is 2.05. The zero-order valence-electron chi connectivity index (χ0n) is 7.40. The molecule has 0 aromatic heterocycles. The van der Waals surface area contributed by atoms with Gasteiger partial charge in [0, 0.05) is 12.2 Å². The van der Waals surface area contributed by atoms with E-state index in [0.29, 0.717) is 0 Å². The second-order valence-corrected chi connectivity index (χ2v) is 3.23. The van der Waals surface area contributed by atoms with Gasteiger partial charge in [0.05, 0.1) is 0 Å². The Labute approximate surface area is 77.5 Å². The Hall–Kier alpha value is -1.15. The molecule has 1 fully saturated rings. The van der Waals surface area contributed by atoms with E-state index >= 15 is 0 Å². The average Bonchev–Trinajstić information content (AvgIpc) is 2.71. The van der Waals surface area contributed by atoms with Gasteiger partial charge in [-0.25, -0.2) is 0 Å². The Bertz CT molecular complexity index is 286. The zero-order valence-corrected chi connectivity index (χ0v) is 7.40. The number of hydrogen-bond acceptors (Lipinski definition) is 2. The van der Waals surface area contributed by atoms with Crippen LogP contribution in [0.25, 0.3) is 0 Å². The summed E-state index contributed by atoms with van der Waals surface area (Å²) in [7, 11) is 0. The summed E-state index contributed by atoms with van der Waals surface area (Å²) >= 11 is 0. The fourth-order valence-electron chi connectivity index (χ4n) is 1.57. The highest BCUT2D eigenvalue weighted by Crippen LogP contribution is 2.16. The van der Waals surface area contributed by atoms with Crippen molar-refractivity contribution in [2.45, 2.75) is 18.9 Å². The lowest BCUT2D eigenvalue weighted by molar-refractivity contribution is 0.0643. The van der Waals surface area contributed by atoms with Crippen LogP contribution >= 0.6 is 0 Å². The van der Waals surface area contributed by atoms with Gasteiger partial charge in [-0.15, -0.1) is 0 Å². The Morgan fingerprint density at radius 1 is 1.31 bits per heavy atom. The van der Waals surface area contributed by atoms with Gasteiger partial charge in [-0.3, -0.25) is 4.79 Å². The molecule has 1 heterocycles. The minimum atomic E-state index is -0.192. The van der Waals surface area contributed by atoms with E-state index < -0.39 is 0 Å². The summed E-state index contributed by atoms with van der Waals surface area (Å²) < 4.78 is 5.32. The Balaban J connectivity index is 2.13. The Kier molecular flexibility index (Phi) is 2.41. The van der Waals surface area contributed by atoms with E-state index in [1.807, 2.05) is 30.3 Å². The third-order valence-electron chi connectivity index (χ3n) is 2.28.